The van der Waals surface area contributed by atoms with E-state index in [1.807, 2.05) is 6.08 Å². The first kappa shape index (κ1) is 42.5. The van der Waals surface area contributed by atoms with Crippen LogP contribution in [0.4, 0.5) is 39.8 Å². The van der Waals surface area contributed by atoms with Crippen LogP contribution in [0, 0.1) is 5.92 Å². The quantitative estimate of drug-likeness (QED) is 0.0576. The summed E-state index contributed by atoms with van der Waals surface area (Å²) in [5.41, 5.74) is 12.8. The fourth-order valence-corrected chi connectivity index (χ4v) is 7.91. The Morgan fingerprint density at radius 3 is 1.66 bits per heavy atom. The van der Waals surface area contributed by atoms with Crippen LogP contribution >= 0.6 is 0 Å². The number of para-hydroxylation sites is 2. The lowest BCUT2D eigenvalue weighted by molar-refractivity contribution is 0.562. The number of benzene rings is 5. The van der Waals surface area contributed by atoms with E-state index in [9.17, 15) is 0 Å². The third-order valence-corrected chi connectivity index (χ3v) is 11.2. The van der Waals surface area contributed by atoms with Crippen LogP contribution in [0.1, 0.15) is 84.6 Å². The van der Waals surface area contributed by atoms with Gasteiger partial charge in [0, 0.05) is 51.2 Å². The number of hydrogen-bond donors (Lipinski definition) is 0. The van der Waals surface area contributed by atoms with Crippen molar-refractivity contribution < 1.29 is 0 Å². The highest BCUT2D eigenvalue weighted by atomic mass is 15.2. The predicted octanol–water partition coefficient (Wildman–Crippen LogP) is 16.8. The lowest BCUT2D eigenvalue weighted by Gasteiger charge is -2.30. The van der Waals surface area contributed by atoms with Gasteiger partial charge in [0.1, 0.15) is 0 Å². The van der Waals surface area contributed by atoms with Gasteiger partial charge in [-0.2, -0.15) is 0 Å². The van der Waals surface area contributed by atoms with E-state index in [0.29, 0.717) is 5.92 Å². The van der Waals surface area contributed by atoms with E-state index in [4.69, 9.17) is 0 Å². The second-order valence-electron chi connectivity index (χ2n) is 15.3. The lowest BCUT2D eigenvalue weighted by atomic mass is 9.91. The van der Waals surface area contributed by atoms with Gasteiger partial charge in [-0.05, 0) is 159 Å². The molecule has 0 saturated heterocycles. The van der Waals surface area contributed by atoms with E-state index >= 15 is 0 Å². The average Bonchev–Trinajstić information content (AvgIpc) is 3.54. The third-order valence-electron chi connectivity index (χ3n) is 11.2. The highest BCUT2D eigenvalue weighted by Gasteiger charge is 2.19. The summed E-state index contributed by atoms with van der Waals surface area (Å²) in [6.07, 6.45) is 28.1. The van der Waals surface area contributed by atoms with Gasteiger partial charge in [-0.3, -0.25) is 0 Å². The first-order valence-electron chi connectivity index (χ1n) is 21.9. The molecule has 3 nitrogen and oxygen atoms in total. The molecule has 0 fully saturated rings. The molecule has 0 amide bonds. The second-order valence-corrected chi connectivity index (χ2v) is 15.3. The normalized spacial score (nSPS) is 12.9. The van der Waals surface area contributed by atoms with E-state index in [-0.39, 0.29) is 0 Å². The molecule has 302 valence electrons. The standard InChI is InChI=1S/C56H63N3/c1-6-11-13-14-17-25-48(10-5)57(49-26-18-15-19-27-49)53-37-39-55(40-38-53)59(51-30-22-24-47(33-36-51)46(8-3)9-4)56-43-41-54(42-44-56)58(50-28-20-16-21-29-50)52-34-31-45(32-35-52)23-12-7-2/h10,14-22,25-44,46H,5-9,11-13,23-24H2,1-4H3/b17-14+,48-25+. The van der Waals surface area contributed by atoms with Crippen molar-refractivity contribution in [1.29, 1.82) is 0 Å². The first-order chi connectivity index (χ1) is 29.1. The molecule has 59 heavy (non-hydrogen) atoms. The Balaban J connectivity index is 1.41. The van der Waals surface area contributed by atoms with Gasteiger partial charge in [0.15, 0.2) is 0 Å². The van der Waals surface area contributed by atoms with Gasteiger partial charge in [-0.25, -0.2) is 0 Å². The highest BCUT2D eigenvalue weighted by molar-refractivity contribution is 5.80. The highest BCUT2D eigenvalue weighted by Crippen LogP contribution is 2.40. The molecule has 0 saturated carbocycles. The van der Waals surface area contributed by atoms with Crippen LogP contribution < -0.4 is 14.7 Å². The molecule has 0 spiro atoms. The molecule has 0 atom stereocenters. The minimum atomic E-state index is 0.588. The van der Waals surface area contributed by atoms with Crippen molar-refractivity contribution in [3.8, 4) is 0 Å². The van der Waals surface area contributed by atoms with Crippen molar-refractivity contribution in [3.63, 3.8) is 0 Å². The maximum atomic E-state index is 4.23. The van der Waals surface area contributed by atoms with Gasteiger partial charge in [0.05, 0.1) is 0 Å². The molecule has 5 aromatic rings. The van der Waals surface area contributed by atoms with Crippen molar-refractivity contribution in [3.05, 3.63) is 211 Å². The Morgan fingerprint density at radius 2 is 1.10 bits per heavy atom. The molecule has 0 unspecified atom stereocenters. The van der Waals surface area contributed by atoms with E-state index in [1.165, 1.54) is 36.8 Å². The molecular weight excluding hydrogens is 715 g/mol. The maximum Gasteiger partial charge on any atom is 0.0463 e. The predicted molar refractivity (Wildman–Crippen MR) is 258 cm³/mol. The molecule has 0 radical (unpaired) electrons. The van der Waals surface area contributed by atoms with Gasteiger partial charge in [0.25, 0.3) is 0 Å². The molecule has 1 aliphatic rings. The zero-order valence-corrected chi connectivity index (χ0v) is 35.8. The Morgan fingerprint density at radius 1 is 0.593 bits per heavy atom. The monoisotopic (exact) mass is 778 g/mol. The molecule has 3 heteroatoms. The summed E-state index contributed by atoms with van der Waals surface area (Å²) in [6.45, 7) is 13.3. The molecule has 5 aromatic carbocycles. The summed E-state index contributed by atoms with van der Waals surface area (Å²) in [5.74, 6) is 0.588. The van der Waals surface area contributed by atoms with Gasteiger partial charge in [0.2, 0.25) is 0 Å². The number of nitrogens with zero attached hydrogens (tertiary/aromatic N) is 3. The van der Waals surface area contributed by atoms with Crippen molar-refractivity contribution >= 4 is 39.8 Å². The molecule has 0 heterocycles. The van der Waals surface area contributed by atoms with E-state index in [2.05, 4.69) is 225 Å². The van der Waals surface area contributed by atoms with Crippen LogP contribution in [-0.2, 0) is 6.42 Å². The number of anilines is 7. The molecule has 1 aliphatic carbocycles. The molecule has 0 N–H and O–H groups in total. The zero-order chi connectivity index (χ0) is 41.2. The van der Waals surface area contributed by atoms with Gasteiger partial charge in [-0.1, -0.05) is 132 Å². The van der Waals surface area contributed by atoms with Crippen molar-refractivity contribution in [1.82, 2.24) is 0 Å². The van der Waals surface area contributed by atoms with Crippen molar-refractivity contribution in [2.24, 2.45) is 5.92 Å². The summed E-state index contributed by atoms with van der Waals surface area (Å²) < 4.78 is 0. The number of allylic oxidation sites excluding steroid dienone is 9. The van der Waals surface area contributed by atoms with Gasteiger partial charge in [-0.15, -0.1) is 0 Å². The van der Waals surface area contributed by atoms with Crippen LogP contribution in [-0.4, -0.2) is 0 Å². The molecule has 0 bridgehead atoms. The fraction of sp³-hybridized carbons (Fsp3) is 0.250. The molecule has 6 rings (SSSR count). The Hall–Kier alpha value is -6.06. The van der Waals surface area contributed by atoms with Crippen LogP contribution in [0.25, 0.3) is 0 Å². The van der Waals surface area contributed by atoms with Crippen LogP contribution in [0.15, 0.2) is 206 Å². The van der Waals surface area contributed by atoms with Crippen LogP contribution in [0.3, 0.4) is 0 Å². The Kier molecular flexibility index (Phi) is 16.0. The number of unbranched alkanes of at least 4 members (excludes halogenated alkanes) is 3. The largest absolute Gasteiger partial charge is 0.311 e. The Bertz CT molecular complexity index is 2180. The fourth-order valence-electron chi connectivity index (χ4n) is 7.91. The minimum absolute atomic E-state index is 0.588. The number of rotatable bonds is 20. The number of aryl methyl sites for hydroxylation is 1. The second kappa shape index (κ2) is 22.2. The maximum absolute atomic E-state index is 4.23. The SMILES string of the molecule is C=C/C(=C\C=C\CCCC)N(c1ccccc1)c1ccc(N(C2=CC=C(C(CC)CC)CC=C2)c2ccc(N(c3ccccc3)c3ccc(CCCC)cc3)cc2)cc1. The lowest BCUT2D eigenvalue weighted by Crippen LogP contribution is -2.17. The summed E-state index contributed by atoms with van der Waals surface area (Å²) in [7, 11) is 0. The van der Waals surface area contributed by atoms with E-state index in [0.717, 1.165) is 83.3 Å². The van der Waals surface area contributed by atoms with Crippen LogP contribution in [0.5, 0.6) is 0 Å². The third kappa shape index (κ3) is 11.1. The van der Waals surface area contributed by atoms with Crippen molar-refractivity contribution in [2.45, 2.75) is 85.5 Å². The van der Waals surface area contributed by atoms with Gasteiger partial charge < -0.3 is 14.7 Å². The van der Waals surface area contributed by atoms with Crippen molar-refractivity contribution in [2.75, 3.05) is 14.7 Å². The smallest absolute Gasteiger partial charge is 0.0463 e. The summed E-state index contributed by atoms with van der Waals surface area (Å²) in [6, 6.07) is 48.3. The summed E-state index contributed by atoms with van der Waals surface area (Å²) in [4.78, 5) is 7.02. The van der Waals surface area contributed by atoms with E-state index in [1.54, 1.807) is 0 Å². The van der Waals surface area contributed by atoms with Gasteiger partial charge >= 0.3 is 0 Å². The topological polar surface area (TPSA) is 9.72 Å². The zero-order valence-electron chi connectivity index (χ0n) is 35.8. The molecule has 0 aliphatic heterocycles. The average molecular weight is 778 g/mol. The summed E-state index contributed by atoms with van der Waals surface area (Å²) in [5, 5.41) is 0. The van der Waals surface area contributed by atoms with E-state index < -0.39 is 0 Å². The molecular formula is C56H63N3. The minimum Gasteiger partial charge on any atom is -0.311 e. The summed E-state index contributed by atoms with van der Waals surface area (Å²) >= 11 is 0. The first-order valence-corrected chi connectivity index (χ1v) is 21.9. The molecule has 0 aromatic heterocycles. The Labute approximate surface area is 355 Å². The number of hydrogen-bond acceptors (Lipinski definition) is 3. The van der Waals surface area contributed by atoms with Crippen LogP contribution in [0.2, 0.25) is 0 Å².